The van der Waals surface area contributed by atoms with Crippen LogP contribution in [0.1, 0.15) is 26.2 Å². The van der Waals surface area contributed by atoms with Crippen molar-refractivity contribution in [2.24, 2.45) is 5.73 Å². The van der Waals surface area contributed by atoms with Crippen LogP contribution in [0.3, 0.4) is 0 Å². The van der Waals surface area contributed by atoms with Crippen LogP contribution in [0.5, 0.6) is 0 Å². The molecule has 3 N–H and O–H groups in total. The van der Waals surface area contributed by atoms with E-state index in [9.17, 15) is 0 Å². The van der Waals surface area contributed by atoms with Crippen molar-refractivity contribution in [3.05, 3.63) is 5.82 Å². The molecular weight excluding hydrogens is 118 g/mol. The molecule has 9 heavy (non-hydrogen) atoms. The first kappa shape index (κ1) is 8.03. The fourth-order valence-electron chi connectivity index (χ4n) is 0.362. The maximum atomic E-state index is 5.37. The molecule has 1 atom stereocenters. The minimum atomic E-state index is -0.131. The summed E-state index contributed by atoms with van der Waals surface area (Å²) in [5.41, 5.74) is 5.37. The van der Waals surface area contributed by atoms with Gasteiger partial charge in [-0.3, -0.25) is 0 Å². The van der Waals surface area contributed by atoms with Gasteiger partial charge in [0.25, 0.3) is 0 Å². The van der Waals surface area contributed by atoms with Gasteiger partial charge in [-0.1, -0.05) is 12.6 Å². The lowest BCUT2D eigenvalue weighted by Crippen LogP contribution is -2.06. The molecule has 1 heterocycles. The molecule has 1 unspecified atom stereocenters. The molecule has 0 fully saturated rings. The Hall–Kier alpha value is -0.970. The van der Waals surface area contributed by atoms with E-state index in [2.05, 4.69) is 20.6 Å². The number of aromatic amines is 1. The van der Waals surface area contributed by atoms with Crippen LogP contribution in [0.2, 0.25) is 0 Å². The number of tetrazole rings is 1. The van der Waals surface area contributed by atoms with Gasteiger partial charge in [-0.05, 0) is 6.92 Å². The zero-order valence-corrected chi connectivity index (χ0v) is 4.50. The summed E-state index contributed by atoms with van der Waals surface area (Å²) in [6.07, 6.45) is 0. The van der Waals surface area contributed by atoms with Crippen molar-refractivity contribution in [1.29, 1.82) is 0 Å². The highest BCUT2D eigenvalue weighted by Gasteiger charge is 2.01. The van der Waals surface area contributed by atoms with Crippen LogP contribution in [0.25, 0.3) is 0 Å². The first-order chi connectivity index (χ1) is 3.80. The molecule has 1 aromatic rings. The molecule has 0 spiro atoms. The third kappa shape index (κ3) is 1.77. The molecule has 0 aliphatic carbocycles. The summed E-state index contributed by atoms with van der Waals surface area (Å²) in [7, 11) is 0. The van der Waals surface area contributed by atoms with Gasteiger partial charge < -0.3 is 5.73 Å². The highest BCUT2D eigenvalue weighted by molar-refractivity contribution is 4.82. The average molecular weight is 129 g/mol. The number of nitrogens with zero attached hydrogens (tertiary/aromatic N) is 3. The highest BCUT2D eigenvalue weighted by Crippen LogP contribution is 1.95. The average Bonchev–Trinajstić information content (AvgIpc) is 2.12. The van der Waals surface area contributed by atoms with Crippen LogP contribution >= 0.6 is 0 Å². The fraction of sp³-hybridized carbons (Fsp3) is 0.750. The van der Waals surface area contributed by atoms with Crippen LogP contribution in [-0.2, 0) is 0 Å². The zero-order valence-electron chi connectivity index (χ0n) is 4.50. The molecule has 1 rings (SSSR count). The van der Waals surface area contributed by atoms with Crippen molar-refractivity contribution in [1.82, 2.24) is 20.6 Å². The lowest BCUT2D eigenvalue weighted by atomic mass is 10.4. The number of H-pyrrole nitrogens is 1. The molecule has 5 nitrogen and oxygen atoms in total. The van der Waals surface area contributed by atoms with Gasteiger partial charge >= 0.3 is 0 Å². The number of nitrogens with one attached hydrogen (secondary N) is 1. The monoisotopic (exact) mass is 129 g/mol. The molecule has 1 aromatic heterocycles. The lowest BCUT2D eigenvalue weighted by Gasteiger charge is -1.91. The molecule has 0 radical (unpaired) electrons. The standard InChI is InChI=1S/C3H7N5.CH4/c1-2(4)3-5-7-8-6-3;/h2H,4H2,1H3,(H,5,6,7,8);1H4. The second-order valence-electron chi connectivity index (χ2n) is 1.56. The Morgan fingerprint density at radius 3 is 2.56 bits per heavy atom. The third-order valence-electron chi connectivity index (χ3n) is 0.769. The molecule has 0 aliphatic rings. The van der Waals surface area contributed by atoms with E-state index in [-0.39, 0.29) is 13.5 Å². The third-order valence-corrected chi connectivity index (χ3v) is 0.769. The highest BCUT2D eigenvalue weighted by atomic mass is 15.5. The summed E-state index contributed by atoms with van der Waals surface area (Å²) in [6.45, 7) is 1.80. The second-order valence-corrected chi connectivity index (χ2v) is 1.56. The van der Waals surface area contributed by atoms with Crippen molar-refractivity contribution >= 4 is 0 Å². The fourth-order valence-corrected chi connectivity index (χ4v) is 0.362. The van der Waals surface area contributed by atoms with E-state index in [4.69, 9.17) is 5.73 Å². The Morgan fingerprint density at radius 2 is 2.33 bits per heavy atom. The largest absolute Gasteiger partial charge is 0.321 e. The first-order valence-electron chi connectivity index (χ1n) is 2.29. The van der Waals surface area contributed by atoms with Crippen LogP contribution in [0, 0.1) is 0 Å². The van der Waals surface area contributed by atoms with E-state index in [1.807, 2.05) is 0 Å². The van der Waals surface area contributed by atoms with Crippen molar-refractivity contribution in [2.75, 3.05) is 0 Å². The summed E-state index contributed by atoms with van der Waals surface area (Å²) < 4.78 is 0. The minimum Gasteiger partial charge on any atom is -0.321 e. The maximum absolute atomic E-state index is 5.37. The Kier molecular flexibility index (Phi) is 2.80. The van der Waals surface area contributed by atoms with Gasteiger partial charge in [0.05, 0.1) is 6.04 Å². The van der Waals surface area contributed by atoms with Gasteiger partial charge in [0.15, 0.2) is 5.82 Å². The quantitative estimate of drug-likeness (QED) is 0.552. The minimum absolute atomic E-state index is 0. The van der Waals surface area contributed by atoms with Gasteiger partial charge in [0, 0.05) is 0 Å². The predicted octanol–water partition coefficient (Wildman–Crippen LogP) is -0.145. The molecule has 0 amide bonds. The summed E-state index contributed by atoms with van der Waals surface area (Å²) in [5, 5.41) is 12.9. The Labute approximate surface area is 53.6 Å². The Morgan fingerprint density at radius 1 is 1.67 bits per heavy atom. The Bertz CT molecular complexity index is 144. The van der Waals surface area contributed by atoms with Crippen molar-refractivity contribution in [2.45, 2.75) is 20.4 Å². The van der Waals surface area contributed by atoms with Crippen LogP contribution < -0.4 is 5.73 Å². The molecule has 0 saturated heterocycles. The smallest absolute Gasteiger partial charge is 0.190 e. The van der Waals surface area contributed by atoms with Gasteiger partial charge in [0.1, 0.15) is 0 Å². The number of hydrogen-bond donors (Lipinski definition) is 2. The Balaban J connectivity index is 0.000000640. The van der Waals surface area contributed by atoms with E-state index < -0.39 is 0 Å². The van der Waals surface area contributed by atoms with Crippen LogP contribution in [-0.4, -0.2) is 20.6 Å². The van der Waals surface area contributed by atoms with Crippen molar-refractivity contribution in [3.8, 4) is 0 Å². The number of rotatable bonds is 1. The molecule has 0 saturated carbocycles. The summed E-state index contributed by atoms with van der Waals surface area (Å²) >= 11 is 0. The van der Waals surface area contributed by atoms with Gasteiger partial charge in [0.2, 0.25) is 0 Å². The van der Waals surface area contributed by atoms with Gasteiger partial charge in [-0.2, -0.15) is 5.21 Å². The normalized spacial score (nSPS) is 12.2. The van der Waals surface area contributed by atoms with E-state index >= 15 is 0 Å². The molecule has 5 heteroatoms. The van der Waals surface area contributed by atoms with Gasteiger partial charge in [-0.25, -0.2) is 0 Å². The maximum Gasteiger partial charge on any atom is 0.190 e. The topological polar surface area (TPSA) is 80.5 Å². The summed E-state index contributed by atoms with van der Waals surface area (Å²) in [6, 6.07) is -0.131. The van der Waals surface area contributed by atoms with Gasteiger partial charge in [-0.15, -0.1) is 10.2 Å². The molecule has 52 valence electrons. The number of hydrogen-bond acceptors (Lipinski definition) is 4. The molecule has 0 bridgehead atoms. The van der Waals surface area contributed by atoms with E-state index in [0.29, 0.717) is 5.82 Å². The lowest BCUT2D eigenvalue weighted by molar-refractivity contribution is 0.742. The van der Waals surface area contributed by atoms with Crippen molar-refractivity contribution in [3.63, 3.8) is 0 Å². The van der Waals surface area contributed by atoms with E-state index in [1.54, 1.807) is 6.92 Å². The summed E-state index contributed by atoms with van der Waals surface area (Å²) in [4.78, 5) is 0. The first-order valence-corrected chi connectivity index (χ1v) is 2.29. The second kappa shape index (κ2) is 3.13. The SMILES string of the molecule is C.CC(N)c1nn[nH]n1. The molecular formula is C4H11N5. The number of nitrogens with two attached hydrogens (primary N) is 1. The number of aromatic nitrogens is 4. The molecule has 0 aromatic carbocycles. The van der Waals surface area contributed by atoms with Crippen molar-refractivity contribution < 1.29 is 0 Å². The molecule has 0 aliphatic heterocycles. The zero-order chi connectivity index (χ0) is 5.98. The predicted molar refractivity (Wildman–Crippen MR) is 33.5 cm³/mol. The van der Waals surface area contributed by atoms with Crippen LogP contribution in [0.4, 0.5) is 0 Å². The van der Waals surface area contributed by atoms with Crippen LogP contribution in [0.15, 0.2) is 0 Å². The summed E-state index contributed by atoms with van der Waals surface area (Å²) in [5.74, 6) is 0.546. The van der Waals surface area contributed by atoms with E-state index in [1.165, 1.54) is 0 Å². The van der Waals surface area contributed by atoms with E-state index in [0.717, 1.165) is 0 Å².